The van der Waals surface area contributed by atoms with Gasteiger partial charge in [-0.25, -0.2) is 4.98 Å². The van der Waals surface area contributed by atoms with E-state index in [1.165, 1.54) is 0 Å². The van der Waals surface area contributed by atoms with Gasteiger partial charge >= 0.3 is 6.55 Å². The molecule has 6 rings (SSSR count). The van der Waals surface area contributed by atoms with Crippen molar-refractivity contribution in [1.29, 1.82) is 0 Å². The van der Waals surface area contributed by atoms with Crippen molar-refractivity contribution in [2.24, 2.45) is 17.3 Å². The van der Waals surface area contributed by atoms with Gasteiger partial charge in [-0.15, -0.1) is 0 Å². The number of alkyl halides is 2. The Balaban J connectivity index is 1.34. The molecular formula is C24H30F2N4O2. The number of aromatic nitrogens is 2. The number of benzene rings is 1. The number of hydrogen-bond donors (Lipinski definition) is 2. The predicted molar refractivity (Wildman–Crippen MR) is 116 cm³/mol. The molecule has 2 N–H and O–H groups in total. The molecule has 6 nitrogen and oxygen atoms in total. The van der Waals surface area contributed by atoms with E-state index in [0.717, 1.165) is 36.7 Å². The van der Waals surface area contributed by atoms with Gasteiger partial charge in [-0.1, -0.05) is 19.1 Å². The maximum absolute atomic E-state index is 13.8. The van der Waals surface area contributed by atoms with E-state index in [-0.39, 0.29) is 35.6 Å². The second-order valence-electron chi connectivity index (χ2n) is 10.4. The number of fused-ring (bicyclic) bond motifs is 1. The monoisotopic (exact) mass is 444 g/mol. The first-order chi connectivity index (χ1) is 15.2. The van der Waals surface area contributed by atoms with Gasteiger partial charge in [0.1, 0.15) is 5.82 Å². The molecule has 8 heteroatoms. The van der Waals surface area contributed by atoms with E-state index in [1.807, 2.05) is 6.92 Å². The maximum atomic E-state index is 13.8. The summed E-state index contributed by atoms with van der Waals surface area (Å²) in [7, 11) is 0. The van der Waals surface area contributed by atoms with Gasteiger partial charge in [0, 0.05) is 24.9 Å². The lowest BCUT2D eigenvalue weighted by molar-refractivity contribution is -0.153. The van der Waals surface area contributed by atoms with Gasteiger partial charge in [0.15, 0.2) is 0 Å². The minimum atomic E-state index is -2.70. The summed E-state index contributed by atoms with van der Waals surface area (Å²) in [6, 6.07) is 6.86. The van der Waals surface area contributed by atoms with E-state index in [9.17, 15) is 18.4 Å². The molecule has 1 heterocycles. The SMILES string of the molecule is CC(=O)NC12CC3CC(C1)CC(C(=O)NCC(C)c1nc4ccccc4n1C(F)F)(C3)C2. The molecule has 0 aliphatic heterocycles. The number of carbonyl (C=O) groups excluding carboxylic acids is 2. The van der Waals surface area contributed by atoms with Crippen LogP contribution in [0.2, 0.25) is 0 Å². The number of nitrogens with one attached hydrogen (secondary N) is 2. The summed E-state index contributed by atoms with van der Waals surface area (Å²) in [4.78, 5) is 29.7. The summed E-state index contributed by atoms with van der Waals surface area (Å²) in [6.45, 7) is 0.913. The zero-order valence-corrected chi connectivity index (χ0v) is 18.5. The number of nitrogens with zero attached hydrogens (tertiary/aromatic N) is 2. The number of rotatable bonds is 6. The molecule has 4 bridgehead atoms. The molecule has 1 aromatic heterocycles. The molecule has 2 amide bonds. The lowest BCUT2D eigenvalue weighted by Gasteiger charge is -2.61. The van der Waals surface area contributed by atoms with Crippen molar-refractivity contribution in [1.82, 2.24) is 20.2 Å². The minimum absolute atomic E-state index is 0.00659. The lowest BCUT2D eigenvalue weighted by atomic mass is 9.46. The van der Waals surface area contributed by atoms with Crippen LogP contribution >= 0.6 is 0 Å². The summed E-state index contributed by atoms with van der Waals surface area (Å²) < 4.78 is 28.6. The minimum Gasteiger partial charge on any atom is -0.355 e. The van der Waals surface area contributed by atoms with E-state index in [0.29, 0.717) is 29.3 Å². The van der Waals surface area contributed by atoms with Crippen LogP contribution < -0.4 is 10.6 Å². The van der Waals surface area contributed by atoms with Crippen molar-refractivity contribution >= 4 is 22.8 Å². The summed E-state index contributed by atoms with van der Waals surface area (Å²) in [5.74, 6) is 0.777. The van der Waals surface area contributed by atoms with Crippen molar-refractivity contribution in [3.05, 3.63) is 30.1 Å². The Labute approximate surface area is 186 Å². The van der Waals surface area contributed by atoms with Crippen LogP contribution in [0, 0.1) is 17.3 Å². The first-order valence-electron chi connectivity index (χ1n) is 11.5. The highest BCUT2D eigenvalue weighted by Gasteiger charge is 2.60. The van der Waals surface area contributed by atoms with Crippen LogP contribution in [0.4, 0.5) is 8.78 Å². The fourth-order valence-electron chi connectivity index (χ4n) is 7.19. The van der Waals surface area contributed by atoms with Gasteiger partial charge in [-0.2, -0.15) is 8.78 Å². The number of para-hydroxylation sites is 2. The average Bonchev–Trinajstić information content (AvgIpc) is 3.09. The van der Waals surface area contributed by atoms with Crippen molar-refractivity contribution in [3.63, 3.8) is 0 Å². The second kappa shape index (κ2) is 7.52. The first kappa shape index (κ1) is 21.3. The number of halogens is 2. The van der Waals surface area contributed by atoms with E-state index in [1.54, 1.807) is 31.2 Å². The summed E-state index contributed by atoms with van der Waals surface area (Å²) in [6.07, 6.45) is 5.40. The highest BCUT2D eigenvalue weighted by atomic mass is 19.3. The van der Waals surface area contributed by atoms with Gasteiger partial charge in [0.05, 0.1) is 16.4 Å². The van der Waals surface area contributed by atoms with Crippen molar-refractivity contribution in [2.75, 3.05) is 6.54 Å². The Hall–Kier alpha value is -2.51. The smallest absolute Gasteiger partial charge is 0.320 e. The molecule has 3 atom stereocenters. The predicted octanol–water partition coefficient (Wildman–Crippen LogP) is 4.13. The van der Waals surface area contributed by atoms with Crippen LogP contribution in [0.5, 0.6) is 0 Å². The fraction of sp³-hybridized carbons (Fsp3) is 0.625. The normalized spacial score (nSPS) is 31.8. The van der Waals surface area contributed by atoms with Crippen LogP contribution in [-0.4, -0.2) is 33.4 Å². The molecule has 0 radical (unpaired) electrons. The Morgan fingerprint density at radius 3 is 2.53 bits per heavy atom. The van der Waals surface area contributed by atoms with Gasteiger partial charge in [0.2, 0.25) is 11.8 Å². The van der Waals surface area contributed by atoms with Gasteiger partial charge in [-0.3, -0.25) is 14.2 Å². The van der Waals surface area contributed by atoms with E-state index >= 15 is 0 Å². The lowest BCUT2D eigenvalue weighted by Crippen LogP contribution is -2.65. The van der Waals surface area contributed by atoms with Crippen LogP contribution in [0.25, 0.3) is 11.0 Å². The van der Waals surface area contributed by atoms with Crippen LogP contribution in [0.3, 0.4) is 0 Å². The number of carbonyl (C=O) groups is 2. The Bertz CT molecular complexity index is 1050. The largest absolute Gasteiger partial charge is 0.355 e. The van der Waals surface area contributed by atoms with Crippen LogP contribution in [0.15, 0.2) is 24.3 Å². The molecule has 4 fully saturated rings. The third-order valence-electron chi connectivity index (χ3n) is 7.81. The van der Waals surface area contributed by atoms with Crippen molar-refractivity contribution in [3.8, 4) is 0 Å². The number of imidazole rings is 1. The summed E-state index contributed by atoms with van der Waals surface area (Å²) in [5.41, 5.74) is 0.172. The molecule has 0 saturated heterocycles. The zero-order chi connectivity index (χ0) is 22.7. The Morgan fingerprint density at radius 1 is 1.19 bits per heavy atom. The first-order valence-corrected chi connectivity index (χ1v) is 11.5. The highest BCUT2D eigenvalue weighted by molar-refractivity contribution is 5.84. The van der Waals surface area contributed by atoms with E-state index in [2.05, 4.69) is 15.6 Å². The maximum Gasteiger partial charge on any atom is 0.320 e. The Morgan fingerprint density at radius 2 is 1.88 bits per heavy atom. The molecule has 4 aliphatic carbocycles. The van der Waals surface area contributed by atoms with E-state index < -0.39 is 12.0 Å². The molecule has 1 aromatic carbocycles. The molecule has 0 spiro atoms. The highest BCUT2D eigenvalue weighted by Crippen LogP contribution is 2.61. The molecule has 4 aliphatic rings. The standard InChI is InChI=1S/C24H30F2N4O2/c1-14(20-28-18-5-3-4-6-19(18)30(20)22(25)26)12-27-21(32)23-8-16-7-17(9-23)11-24(10-16,13-23)29-15(2)31/h3-6,14,16-17,22H,7-13H2,1-2H3,(H,27,32)(H,29,31). The molecule has 2 aromatic rings. The third kappa shape index (κ3) is 3.48. The third-order valence-corrected chi connectivity index (χ3v) is 7.81. The van der Waals surface area contributed by atoms with Crippen LogP contribution in [0.1, 0.15) is 70.7 Å². The zero-order valence-electron chi connectivity index (χ0n) is 18.5. The van der Waals surface area contributed by atoms with Gasteiger partial charge < -0.3 is 10.6 Å². The Kier molecular flexibility index (Phi) is 5.02. The number of amides is 2. The molecular weight excluding hydrogens is 414 g/mol. The molecule has 32 heavy (non-hydrogen) atoms. The van der Waals surface area contributed by atoms with E-state index in [4.69, 9.17) is 0 Å². The fourth-order valence-corrected chi connectivity index (χ4v) is 7.19. The molecule has 3 unspecified atom stereocenters. The van der Waals surface area contributed by atoms with Gasteiger partial charge in [0.25, 0.3) is 0 Å². The quantitative estimate of drug-likeness (QED) is 0.704. The topological polar surface area (TPSA) is 76.0 Å². The molecule has 172 valence electrons. The summed E-state index contributed by atoms with van der Waals surface area (Å²) in [5, 5.41) is 6.25. The second-order valence-corrected chi connectivity index (χ2v) is 10.4. The number of hydrogen-bond acceptors (Lipinski definition) is 3. The summed E-state index contributed by atoms with van der Waals surface area (Å²) >= 11 is 0. The van der Waals surface area contributed by atoms with Crippen LogP contribution in [-0.2, 0) is 9.59 Å². The average molecular weight is 445 g/mol. The van der Waals surface area contributed by atoms with Crippen molar-refractivity contribution in [2.45, 2.75) is 70.4 Å². The van der Waals surface area contributed by atoms with Gasteiger partial charge in [-0.05, 0) is 62.5 Å². The molecule has 4 saturated carbocycles. The van der Waals surface area contributed by atoms with Crippen molar-refractivity contribution < 1.29 is 18.4 Å².